The summed E-state index contributed by atoms with van der Waals surface area (Å²) in [5, 5.41) is 0.633. The van der Waals surface area contributed by atoms with Crippen LogP contribution in [0.5, 0.6) is 0 Å². The Morgan fingerprint density at radius 2 is 2.19 bits per heavy atom. The van der Waals surface area contributed by atoms with E-state index in [1.54, 1.807) is 24.4 Å². The van der Waals surface area contributed by atoms with Gasteiger partial charge in [0, 0.05) is 23.9 Å². The molecule has 0 aliphatic carbocycles. The molecule has 1 aromatic carbocycles. The van der Waals surface area contributed by atoms with Crippen LogP contribution in [0.4, 0.5) is 5.69 Å². The van der Waals surface area contributed by atoms with E-state index in [1.807, 2.05) is 6.92 Å². The van der Waals surface area contributed by atoms with E-state index in [4.69, 9.17) is 10.5 Å². The van der Waals surface area contributed by atoms with Crippen LogP contribution in [-0.2, 0) is 14.8 Å². The third-order valence-electron chi connectivity index (χ3n) is 3.66. The molecule has 21 heavy (non-hydrogen) atoms. The first-order chi connectivity index (χ1) is 9.91. The lowest BCUT2D eigenvalue weighted by atomic mass is 10.0. The predicted octanol–water partition coefficient (Wildman–Crippen LogP) is 1.27. The first kappa shape index (κ1) is 14.2. The molecule has 0 radical (unpaired) electrons. The van der Waals surface area contributed by atoms with Crippen molar-refractivity contribution in [1.82, 2.24) is 9.71 Å². The molecule has 1 atom stereocenters. The Bertz CT molecular complexity index is 783. The Balaban J connectivity index is 2.09. The average molecular weight is 307 g/mol. The molecule has 112 valence electrons. The monoisotopic (exact) mass is 307 g/mol. The summed E-state index contributed by atoms with van der Waals surface area (Å²) in [5.41, 5.74) is 6.19. The summed E-state index contributed by atoms with van der Waals surface area (Å²) < 4.78 is 33.4. The number of nitrogens with zero attached hydrogens (tertiary/aromatic N) is 1. The molecule has 2 aromatic rings. The van der Waals surface area contributed by atoms with Crippen molar-refractivity contribution in [1.29, 1.82) is 0 Å². The molecule has 1 aliphatic heterocycles. The number of nitrogens with one attached hydrogen (secondary N) is 1. The molecule has 3 rings (SSSR count). The molecule has 3 N–H and O–H groups in total. The van der Waals surface area contributed by atoms with Crippen LogP contribution in [0.2, 0.25) is 0 Å². The fraction of sp³-hybridized carbons (Fsp3) is 0.357. The van der Waals surface area contributed by atoms with Gasteiger partial charge in [-0.05, 0) is 37.6 Å². The zero-order valence-electron chi connectivity index (χ0n) is 11.7. The third-order valence-corrected chi connectivity index (χ3v) is 5.33. The maximum atomic E-state index is 12.7. The summed E-state index contributed by atoms with van der Waals surface area (Å²) in [6.07, 6.45) is 2.20. The van der Waals surface area contributed by atoms with Crippen LogP contribution in [0, 0.1) is 0 Å². The highest BCUT2D eigenvalue weighted by Crippen LogP contribution is 2.28. The Morgan fingerprint density at radius 1 is 1.38 bits per heavy atom. The van der Waals surface area contributed by atoms with Gasteiger partial charge in [0.05, 0.1) is 17.7 Å². The Morgan fingerprint density at radius 3 is 2.90 bits per heavy atom. The quantitative estimate of drug-likeness (QED) is 0.833. The minimum absolute atomic E-state index is 0.139. The average Bonchev–Trinajstić information content (AvgIpc) is 2.84. The number of sulfonamides is 1. The van der Waals surface area contributed by atoms with Gasteiger partial charge in [-0.2, -0.15) is 0 Å². The van der Waals surface area contributed by atoms with E-state index in [1.165, 1.54) is 6.07 Å². The van der Waals surface area contributed by atoms with Gasteiger partial charge in [0.25, 0.3) is 0 Å². The molecule has 0 saturated carbocycles. The number of benzene rings is 1. The molecule has 2 heterocycles. The summed E-state index contributed by atoms with van der Waals surface area (Å²) in [6.45, 7) is 2.76. The largest absolute Gasteiger partial charge is 0.398 e. The zero-order valence-corrected chi connectivity index (χ0v) is 12.5. The molecule has 1 fully saturated rings. The van der Waals surface area contributed by atoms with Crippen molar-refractivity contribution in [3.8, 4) is 0 Å². The van der Waals surface area contributed by atoms with E-state index in [-0.39, 0.29) is 4.90 Å². The molecule has 0 spiro atoms. The molecule has 0 bridgehead atoms. The first-order valence-corrected chi connectivity index (χ1v) is 8.15. The fourth-order valence-corrected chi connectivity index (χ4v) is 4.10. The number of hydrogen-bond donors (Lipinski definition) is 2. The van der Waals surface area contributed by atoms with Crippen molar-refractivity contribution in [2.45, 2.75) is 23.8 Å². The lowest BCUT2D eigenvalue weighted by Crippen LogP contribution is -2.46. The number of nitrogen functional groups attached to an aromatic ring is 1. The minimum atomic E-state index is -3.69. The van der Waals surface area contributed by atoms with E-state index >= 15 is 0 Å². The number of anilines is 1. The molecule has 7 heteroatoms. The van der Waals surface area contributed by atoms with Crippen LogP contribution in [-0.4, -0.2) is 32.2 Å². The van der Waals surface area contributed by atoms with E-state index in [0.717, 1.165) is 0 Å². The van der Waals surface area contributed by atoms with Crippen molar-refractivity contribution >= 4 is 26.6 Å². The summed E-state index contributed by atoms with van der Waals surface area (Å²) >= 11 is 0. The molecule has 0 amide bonds. The highest BCUT2D eigenvalue weighted by Gasteiger charge is 2.35. The molecule has 1 unspecified atom stereocenters. The van der Waals surface area contributed by atoms with Gasteiger partial charge in [-0.3, -0.25) is 4.98 Å². The molecule has 1 aromatic heterocycles. The molecule has 6 nitrogen and oxygen atoms in total. The van der Waals surface area contributed by atoms with E-state index in [2.05, 4.69) is 9.71 Å². The van der Waals surface area contributed by atoms with Gasteiger partial charge in [-0.15, -0.1) is 0 Å². The minimum Gasteiger partial charge on any atom is -0.398 e. The Labute approximate surface area is 123 Å². The van der Waals surface area contributed by atoms with Gasteiger partial charge >= 0.3 is 0 Å². The fourth-order valence-electron chi connectivity index (χ4n) is 2.51. The highest BCUT2D eigenvalue weighted by molar-refractivity contribution is 7.89. The predicted molar refractivity (Wildman–Crippen MR) is 80.3 cm³/mol. The van der Waals surface area contributed by atoms with Crippen LogP contribution >= 0.6 is 0 Å². The highest BCUT2D eigenvalue weighted by atomic mass is 32.2. The molecule has 1 aliphatic rings. The number of aromatic nitrogens is 1. The summed E-state index contributed by atoms with van der Waals surface area (Å²) in [4.78, 5) is 4.31. The normalized spacial score (nSPS) is 22.7. The molecular weight excluding hydrogens is 290 g/mol. The summed E-state index contributed by atoms with van der Waals surface area (Å²) in [5.74, 6) is 0. The van der Waals surface area contributed by atoms with Crippen LogP contribution in [0.25, 0.3) is 10.9 Å². The second-order valence-corrected chi connectivity index (χ2v) is 7.17. The topological polar surface area (TPSA) is 94.3 Å². The van der Waals surface area contributed by atoms with Gasteiger partial charge in [0.1, 0.15) is 4.90 Å². The first-order valence-electron chi connectivity index (χ1n) is 6.66. The van der Waals surface area contributed by atoms with Crippen LogP contribution < -0.4 is 10.5 Å². The number of hydrogen-bond acceptors (Lipinski definition) is 5. The Hall–Kier alpha value is -1.70. The van der Waals surface area contributed by atoms with Crippen molar-refractivity contribution < 1.29 is 13.2 Å². The zero-order chi connectivity index (χ0) is 15.1. The smallest absolute Gasteiger partial charge is 0.243 e. The van der Waals surface area contributed by atoms with E-state index in [9.17, 15) is 8.42 Å². The second kappa shape index (κ2) is 4.94. The van der Waals surface area contributed by atoms with Crippen molar-refractivity contribution in [2.75, 3.05) is 18.9 Å². The van der Waals surface area contributed by atoms with Crippen molar-refractivity contribution in [3.63, 3.8) is 0 Å². The number of fused-ring (bicyclic) bond motifs is 1. The second-order valence-electron chi connectivity index (χ2n) is 5.52. The summed E-state index contributed by atoms with van der Waals surface area (Å²) in [6, 6.07) is 6.57. The number of rotatable bonds is 3. The lowest BCUT2D eigenvalue weighted by molar-refractivity contribution is 0.178. The van der Waals surface area contributed by atoms with Gasteiger partial charge in [0.15, 0.2) is 0 Å². The SMILES string of the molecule is CC1(NS(=O)(=O)c2ccc(N)c3cccnc23)CCOC1. The maximum absolute atomic E-state index is 12.7. The van der Waals surface area contributed by atoms with Crippen LogP contribution in [0.3, 0.4) is 0 Å². The van der Waals surface area contributed by atoms with Crippen LogP contribution in [0.15, 0.2) is 35.4 Å². The number of ether oxygens (including phenoxy) is 1. The van der Waals surface area contributed by atoms with Crippen molar-refractivity contribution in [2.24, 2.45) is 0 Å². The lowest BCUT2D eigenvalue weighted by Gasteiger charge is -2.23. The maximum Gasteiger partial charge on any atom is 0.243 e. The third kappa shape index (κ3) is 2.59. The van der Waals surface area contributed by atoms with Gasteiger partial charge in [-0.25, -0.2) is 13.1 Å². The van der Waals surface area contributed by atoms with Crippen LogP contribution in [0.1, 0.15) is 13.3 Å². The number of nitrogens with two attached hydrogens (primary N) is 1. The van der Waals surface area contributed by atoms with Gasteiger partial charge in [0.2, 0.25) is 10.0 Å². The van der Waals surface area contributed by atoms with Gasteiger partial charge < -0.3 is 10.5 Å². The van der Waals surface area contributed by atoms with Gasteiger partial charge in [-0.1, -0.05) is 0 Å². The number of pyridine rings is 1. The van der Waals surface area contributed by atoms with E-state index < -0.39 is 15.6 Å². The molecule has 1 saturated heterocycles. The Kier molecular flexibility index (Phi) is 3.35. The van der Waals surface area contributed by atoms with E-state index in [0.29, 0.717) is 36.2 Å². The molecular formula is C14H17N3O3S. The van der Waals surface area contributed by atoms with Crippen molar-refractivity contribution in [3.05, 3.63) is 30.5 Å². The standard InChI is InChI=1S/C14H17N3O3S/c1-14(6-8-20-9-14)17-21(18,19)12-5-4-11(15)10-3-2-7-16-13(10)12/h2-5,7,17H,6,8-9,15H2,1H3. The summed E-state index contributed by atoms with van der Waals surface area (Å²) in [7, 11) is -3.69.